The number of anilines is 1. The van der Waals surface area contributed by atoms with Crippen molar-refractivity contribution in [2.24, 2.45) is 5.73 Å². The predicted molar refractivity (Wildman–Crippen MR) is 96.4 cm³/mol. The Labute approximate surface area is 153 Å². The zero-order valence-electron chi connectivity index (χ0n) is 13.7. The number of nitrogens with zero attached hydrogens (tertiary/aromatic N) is 3. The number of pyridine rings is 1. The number of carbonyl (C=O) groups is 2. The number of thioether (sulfide) groups is 1. The van der Waals surface area contributed by atoms with Crippen LogP contribution in [0.1, 0.15) is 17.3 Å². The summed E-state index contributed by atoms with van der Waals surface area (Å²) in [6.45, 7) is 1.73. The summed E-state index contributed by atoms with van der Waals surface area (Å²) in [6.07, 6.45) is 3.27. The minimum Gasteiger partial charge on any atom is -0.411 e. The van der Waals surface area contributed by atoms with E-state index in [1.54, 1.807) is 55.7 Å². The highest BCUT2D eigenvalue weighted by molar-refractivity contribution is 8.00. The lowest BCUT2D eigenvalue weighted by Gasteiger charge is -2.10. The lowest BCUT2D eigenvalue weighted by molar-refractivity contribution is -0.115. The summed E-state index contributed by atoms with van der Waals surface area (Å²) < 4.78 is 5.55. The zero-order valence-corrected chi connectivity index (χ0v) is 14.6. The normalized spacial score (nSPS) is 11.7. The molecule has 1 atom stereocenters. The molecule has 0 saturated carbocycles. The van der Waals surface area contributed by atoms with Crippen molar-refractivity contribution in [3.05, 3.63) is 54.4 Å². The highest BCUT2D eigenvalue weighted by Crippen LogP contribution is 2.26. The molecule has 0 aliphatic carbocycles. The van der Waals surface area contributed by atoms with Gasteiger partial charge >= 0.3 is 0 Å². The van der Waals surface area contributed by atoms with Gasteiger partial charge in [0.05, 0.1) is 10.8 Å². The Bertz CT molecular complexity index is 912. The molecule has 0 aliphatic rings. The minimum atomic E-state index is -0.521. The molecule has 0 spiro atoms. The van der Waals surface area contributed by atoms with Gasteiger partial charge in [-0.25, -0.2) is 0 Å². The van der Waals surface area contributed by atoms with Crippen LogP contribution in [-0.2, 0) is 4.79 Å². The fourth-order valence-corrected chi connectivity index (χ4v) is 2.71. The molecule has 9 heteroatoms. The van der Waals surface area contributed by atoms with Crippen LogP contribution >= 0.6 is 11.8 Å². The number of benzene rings is 1. The third-order valence-corrected chi connectivity index (χ3v) is 4.33. The summed E-state index contributed by atoms with van der Waals surface area (Å²) in [5, 5.41) is 10.5. The van der Waals surface area contributed by atoms with E-state index in [1.165, 1.54) is 0 Å². The fraction of sp³-hybridized carbons (Fsp3) is 0.118. The largest absolute Gasteiger partial charge is 0.411 e. The van der Waals surface area contributed by atoms with E-state index in [0.29, 0.717) is 22.7 Å². The summed E-state index contributed by atoms with van der Waals surface area (Å²) in [4.78, 5) is 27.3. The van der Waals surface area contributed by atoms with Crippen LogP contribution in [0, 0.1) is 0 Å². The van der Waals surface area contributed by atoms with Gasteiger partial charge < -0.3 is 15.5 Å². The van der Waals surface area contributed by atoms with Crippen LogP contribution in [0.15, 0.2) is 58.4 Å². The van der Waals surface area contributed by atoms with Gasteiger partial charge in [-0.1, -0.05) is 11.8 Å². The molecule has 26 heavy (non-hydrogen) atoms. The molecule has 0 radical (unpaired) electrons. The van der Waals surface area contributed by atoms with Crippen molar-refractivity contribution >= 4 is 29.3 Å². The molecule has 0 unspecified atom stereocenters. The first-order valence-electron chi connectivity index (χ1n) is 7.64. The van der Waals surface area contributed by atoms with Crippen molar-refractivity contribution in [2.45, 2.75) is 17.4 Å². The van der Waals surface area contributed by atoms with Crippen molar-refractivity contribution in [1.29, 1.82) is 0 Å². The van der Waals surface area contributed by atoms with Crippen LogP contribution < -0.4 is 11.1 Å². The van der Waals surface area contributed by atoms with E-state index in [9.17, 15) is 9.59 Å². The molecular weight excluding hydrogens is 354 g/mol. The van der Waals surface area contributed by atoms with E-state index in [-0.39, 0.29) is 11.1 Å². The maximum atomic E-state index is 12.3. The maximum Gasteiger partial charge on any atom is 0.277 e. The Hall–Kier alpha value is -3.20. The van der Waals surface area contributed by atoms with Crippen molar-refractivity contribution in [3.8, 4) is 11.5 Å². The molecular formula is C17H15N5O3S. The summed E-state index contributed by atoms with van der Waals surface area (Å²) in [5.41, 5.74) is 6.83. The Kier molecular flexibility index (Phi) is 5.28. The van der Waals surface area contributed by atoms with Gasteiger partial charge in [-0.05, 0) is 43.3 Å². The Morgan fingerprint density at radius 2 is 1.96 bits per heavy atom. The minimum absolute atomic E-state index is 0.233. The average Bonchev–Trinajstić information content (AvgIpc) is 3.11. The molecule has 2 aromatic heterocycles. The van der Waals surface area contributed by atoms with Crippen LogP contribution in [0.3, 0.4) is 0 Å². The lowest BCUT2D eigenvalue weighted by atomic mass is 10.2. The highest BCUT2D eigenvalue weighted by Gasteiger charge is 2.19. The van der Waals surface area contributed by atoms with Crippen molar-refractivity contribution in [1.82, 2.24) is 15.2 Å². The molecule has 0 bridgehead atoms. The molecule has 1 aromatic carbocycles. The van der Waals surface area contributed by atoms with E-state index < -0.39 is 11.2 Å². The number of hydrogen-bond acceptors (Lipinski definition) is 7. The zero-order chi connectivity index (χ0) is 18.5. The van der Waals surface area contributed by atoms with E-state index in [4.69, 9.17) is 10.2 Å². The molecule has 132 valence electrons. The van der Waals surface area contributed by atoms with Gasteiger partial charge in [0, 0.05) is 23.6 Å². The number of nitrogens with two attached hydrogens (primary N) is 1. The van der Waals surface area contributed by atoms with Crippen LogP contribution in [0.5, 0.6) is 0 Å². The van der Waals surface area contributed by atoms with E-state index in [2.05, 4.69) is 20.5 Å². The molecule has 3 rings (SSSR count). The van der Waals surface area contributed by atoms with Gasteiger partial charge in [0.2, 0.25) is 17.7 Å². The van der Waals surface area contributed by atoms with E-state index >= 15 is 0 Å². The Morgan fingerprint density at radius 3 is 2.62 bits per heavy atom. The molecule has 8 nitrogen and oxygen atoms in total. The molecule has 2 heterocycles. The topological polar surface area (TPSA) is 124 Å². The number of rotatable bonds is 6. The number of aromatic nitrogens is 3. The number of carbonyl (C=O) groups excluding carboxylic acids is 2. The van der Waals surface area contributed by atoms with Gasteiger partial charge in [0.1, 0.15) is 0 Å². The van der Waals surface area contributed by atoms with E-state index in [0.717, 1.165) is 11.8 Å². The van der Waals surface area contributed by atoms with Gasteiger partial charge in [0.15, 0.2) is 0 Å². The lowest BCUT2D eigenvalue weighted by Crippen LogP contribution is -2.22. The van der Waals surface area contributed by atoms with Gasteiger partial charge in [-0.15, -0.1) is 10.2 Å². The van der Waals surface area contributed by atoms with Gasteiger partial charge in [-0.3, -0.25) is 14.6 Å². The van der Waals surface area contributed by atoms with Crippen molar-refractivity contribution in [3.63, 3.8) is 0 Å². The first-order valence-corrected chi connectivity index (χ1v) is 8.52. The summed E-state index contributed by atoms with van der Waals surface area (Å²) in [6, 6.07) is 9.90. The highest BCUT2D eigenvalue weighted by atomic mass is 32.2. The summed E-state index contributed by atoms with van der Waals surface area (Å²) in [7, 11) is 0. The van der Waals surface area contributed by atoms with Crippen molar-refractivity contribution in [2.75, 3.05) is 5.32 Å². The second kappa shape index (κ2) is 7.79. The number of amides is 2. The number of nitrogens with one attached hydrogen (secondary N) is 1. The molecule has 2 amide bonds. The fourth-order valence-electron chi connectivity index (χ4n) is 2.03. The first kappa shape index (κ1) is 17.6. The third kappa shape index (κ3) is 4.25. The predicted octanol–water partition coefficient (Wildman–Crippen LogP) is 2.35. The van der Waals surface area contributed by atoms with Gasteiger partial charge in [-0.2, -0.15) is 0 Å². The number of primary amides is 1. The average molecular weight is 369 g/mol. The quantitative estimate of drug-likeness (QED) is 0.639. The smallest absolute Gasteiger partial charge is 0.277 e. The summed E-state index contributed by atoms with van der Waals surface area (Å²) in [5.74, 6) is -0.411. The maximum absolute atomic E-state index is 12.3. The molecule has 3 aromatic rings. The molecule has 0 fully saturated rings. The Morgan fingerprint density at radius 1 is 1.19 bits per heavy atom. The second-order valence-corrected chi connectivity index (χ2v) is 6.60. The van der Waals surface area contributed by atoms with E-state index in [1.807, 2.05) is 0 Å². The second-order valence-electron chi connectivity index (χ2n) is 5.31. The van der Waals surface area contributed by atoms with Gasteiger partial charge in [0.25, 0.3) is 5.22 Å². The molecule has 0 saturated heterocycles. The number of hydrogen-bond donors (Lipinski definition) is 2. The van der Waals surface area contributed by atoms with Crippen LogP contribution in [-0.4, -0.2) is 32.2 Å². The van der Waals surface area contributed by atoms with Crippen LogP contribution in [0.4, 0.5) is 5.69 Å². The van der Waals surface area contributed by atoms with Crippen LogP contribution in [0.25, 0.3) is 11.5 Å². The standard InChI is InChI=1S/C17H15N5O3S/c1-10(15(24)20-13-6-4-11(5-7-13)14(18)23)26-17-22-21-16(25-17)12-3-2-8-19-9-12/h2-10H,1H3,(H2,18,23)(H,20,24)/t10-/m0/s1. The molecule has 0 aliphatic heterocycles. The van der Waals surface area contributed by atoms with Crippen LogP contribution in [0.2, 0.25) is 0 Å². The van der Waals surface area contributed by atoms with Crippen molar-refractivity contribution < 1.29 is 14.0 Å². The first-order chi connectivity index (χ1) is 12.5. The monoisotopic (exact) mass is 369 g/mol. The Balaban J connectivity index is 1.61. The third-order valence-electron chi connectivity index (χ3n) is 3.40. The SMILES string of the molecule is C[C@H](Sc1nnc(-c2cccnc2)o1)C(=O)Nc1ccc(C(N)=O)cc1. The summed E-state index contributed by atoms with van der Waals surface area (Å²) >= 11 is 1.15. The molecule has 3 N–H and O–H groups in total.